The predicted molar refractivity (Wildman–Crippen MR) is 146 cm³/mol. The maximum atomic E-state index is 13.5. The number of carbonyl (C=O) groups excluding carboxylic acids is 2. The molecular weight excluding hydrogens is 464 g/mol. The number of aliphatic hydroxyl groups excluding tert-OH is 1. The van der Waals surface area contributed by atoms with Crippen molar-refractivity contribution in [3.8, 4) is 0 Å². The minimum absolute atomic E-state index is 0.0342. The van der Waals surface area contributed by atoms with E-state index in [1.165, 1.54) is 0 Å². The lowest BCUT2D eigenvalue weighted by molar-refractivity contribution is -0.124. The first-order chi connectivity index (χ1) is 18.1. The molecule has 0 saturated carbocycles. The summed E-state index contributed by atoms with van der Waals surface area (Å²) >= 11 is 0. The van der Waals surface area contributed by atoms with E-state index in [9.17, 15) is 14.7 Å². The minimum Gasteiger partial charge on any atom is -0.394 e. The van der Waals surface area contributed by atoms with Gasteiger partial charge < -0.3 is 25.6 Å². The van der Waals surface area contributed by atoms with Gasteiger partial charge in [-0.25, -0.2) is 4.79 Å². The summed E-state index contributed by atoms with van der Waals surface area (Å²) in [7, 11) is 0. The minimum atomic E-state index is -0.472. The number of aliphatic hydroxyl groups is 1. The number of benzene rings is 3. The molecule has 192 valence electrons. The van der Waals surface area contributed by atoms with Crippen LogP contribution < -0.4 is 10.6 Å². The Hall–Kier alpha value is -3.68. The van der Waals surface area contributed by atoms with Gasteiger partial charge in [0.05, 0.1) is 19.2 Å². The number of fused-ring (bicyclic) bond motifs is 2. The number of para-hydroxylation sites is 1. The molecule has 0 spiro atoms. The molecule has 2 heterocycles. The number of amides is 2. The highest BCUT2D eigenvalue weighted by atomic mass is 16.3. The zero-order chi connectivity index (χ0) is 25.6. The van der Waals surface area contributed by atoms with Crippen molar-refractivity contribution in [2.24, 2.45) is 5.92 Å². The molecule has 0 radical (unpaired) electrons. The third-order valence-corrected chi connectivity index (χ3v) is 7.30. The fourth-order valence-electron chi connectivity index (χ4n) is 5.21. The number of nitrogens with zero attached hydrogens (tertiary/aromatic N) is 1. The second-order valence-corrected chi connectivity index (χ2v) is 9.92. The van der Waals surface area contributed by atoms with E-state index in [1.807, 2.05) is 60.8 Å². The predicted octanol–water partition coefficient (Wildman–Crippen LogP) is 4.01. The number of H-pyrrole nitrogens is 1. The summed E-state index contributed by atoms with van der Waals surface area (Å²) in [6.07, 6.45) is 4.00. The standard InChI is InChI=1S/C30H34N4O3/c35-20-26(16-25-17-32-28-8-4-3-7-27(25)28)33-30(37)34(19-29(36)23-11-13-31-14-12-23)18-21-9-10-22-5-1-2-6-24(22)15-21/h1-10,15,17,23,26,31-32,35H,11-14,16,18-20H2,(H,33,37). The highest BCUT2D eigenvalue weighted by molar-refractivity contribution is 5.88. The molecule has 1 saturated heterocycles. The number of nitrogens with one attached hydrogen (secondary N) is 3. The Morgan fingerprint density at radius 3 is 2.57 bits per heavy atom. The van der Waals surface area contributed by atoms with Crippen LogP contribution in [0.25, 0.3) is 21.7 Å². The molecule has 4 aromatic rings. The molecule has 2 amide bonds. The first-order valence-electron chi connectivity index (χ1n) is 13.0. The lowest BCUT2D eigenvalue weighted by Gasteiger charge is -2.28. The third-order valence-electron chi connectivity index (χ3n) is 7.30. The molecule has 3 aromatic carbocycles. The fraction of sp³-hybridized carbons (Fsp3) is 0.333. The average Bonchev–Trinajstić information content (AvgIpc) is 3.35. The van der Waals surface area contributed by atoms with Gasteiger partial charge in [-0.2, -0.15) is 0 Å². The lowest BCUT2D eigenvalue weighted by atomic mass is 9.93. The maximum Gasteiger partial charge on any atom is 0.318 e. The topological polar surface area (TPSA) is 97.5 Å². The van der Waals surface area contributed by atoms with Gasteiger partial charge in [0.1, 0.15) is 0 Å². The molecule has 4 N–H and O–H groups in total. The molecule has 0 bridgehead atoms. The van der Waals surface area contributed by atoms with E-state index in [1.54, 1.807) is 4.90 Å². The van der Waals surface area contributed by atoms with Crippen LogP contribution in [0.1, 0.15) is 24.0 Å². The molecule has 5 rings (SSSR count). The summed E-state index contributed by atoms with van der Waals surface area (Å²) in [5.41, 5.74) is 3.01. The molecule has 1 atom stereocenters. The average molecular weight is 499 g/mol. The molecule has 7 nitrogen and oxygen atoms in total. The van der Waals surface area contributed by atoms with Crippen LogP contribution in [0.3, 0.4) is 0 Å². The van der Waals surface area contributed by atoms with Gasteiger partial charge in [-0.15, -0.1) is 0 Å². The lowest BCUT2D eigenvalue weighted by Crippen LogP contribution is -2.49. The zero-order valence-corrected chi connectivity index (χ0v) is 21.0. The number of ketones is 1. The van der Waals surface area contributed by atoms with Gasteiger partial charge >= 0.3 is 6.03 Å². The van der Waals surface area contributed by atoms with Crippen molar-refractivity contribution in [1.29, 1.82) is 0 Å². The second kappa shape index (κ2) is 11.6. The van der Waals surface area contributed by atoms with Crippen LogP contribution >= 0.6 is 0 Å². The number of Topliss-reactive ketones (excluding diaryl/α,β-unsaturated/α-hetero) is 1. The normalized spacial score (nSPS) is 15.1. The second-order valence-electron chi connectivity index (χ2n) is 9.92. The number of aromatic amines is 1. The van der Waals surface area contributed by atoms with Crippen LogP contribution in [-0.4, -0.2) is 59.1 Å². The number of piperidine rings is 1. The van der Waals surface area contributed by atoms with Crippen LogP contribution in [0.4, 0.5) is 4.79 Å². The van der Waals surface area contributed by atoms with E-state index in [0.29, 0.717) is 13.0 Å². The zero-order valence-electron chi connectivity index (χ0n) is 21.0. The highest BCUT2D eigenvalue weighted by Gasteiger charge is 2.26. The van der Waals surface area contributed by atoms with Gasteiger partial charge in [0.2, 0.25) is 0 Å². The summed E-state index contributed by atoms with van der Waals surface area (Å²) in [6.45, 7) is 1.82. The van der Waals surface area contributed by atoms with Crippen molar-refractivity contribution in [1.82, 2.24) is 20.5 Å². The highest BCUT2D eigenvalue weighted by Crippen LogP contribution is 2.21. The Bertz CT molecular complexity index is 1380. The van der Waals surface area contributed by atoms with Gasteiger partial charge in [0.25, 0.3) is 0 Å². The number of aromatic nitrogens is 1. The maximum absolute atomic E-state index is 13.5. The monoisotopic (exact) mass is 498 g/mol. The van der Waals surface area contributed by atoms with Crippen LogP contribution in [0, 0.1) is 5.92 Å². The molecular formula is C30H34N4O3. The van der Waals surface area contributed by atoms with Crippen LogP contribution in [0.15, 0.2) is 72.9 Å². The molecule has 1 aliphatic heterocycles. The number of rotatable bonds is 9. The van der Waals surface area contributed by atoms with Crippen LogP contribution in [0.2, 0.25) is 0 Å². The third kappa shape index (κ3) is 6.01. The van der Waals surface area contributed by atoms with Crippen molar-refractivity contribution < 1.29 is 14.7 Å². The van der Waals surface area contributed by atoms with E-state index in [0.717, 1.165) is 58.7 Å². The van der Waals surface area contributed by atoms with Crippen LogP contribution in [-0.2, 0) is 17.8 Å². The Labute approximate surface area is 216 Å². The first kappa shape index (κ1) is 25.0. The van der Waals surface area contributed by atoms with Gasteiger partial charge in [-0.05, 0) is 66.4 Å². The van der Waals surface area contributed by atoms with Gasteiger partial charge in [0, 0.05) is 29.6 Å². The van der Waals surface area contributed by atoms with Crippen molar-refractivity contribution in [3.05, 3.63) is 84.1 Å². The molecule has 1 aliphatic rings. The number of hydrogen-bond acceptors (Lipinski definition) is 4. The van der Waals surface area contributed by atoms with E-state index in [2.05, 4.69) is 27.8 Å². The smallest absolute Gasteiger partial charge is 0.318 e. The Balaban J connectivity index is 1.33. The molecule has 0 aliphatic carbocycles. The van der Waals surface area contributed by atoms with E-state index in [-0.39, 0.29) is 30.9 Å². The molecule has 1 unspecified atom stereocenters. The Morgan fingerprint density at radius 1 is 1.00 bits per heavy atom. The molecule has 1 aromatic heterocycles. The van der Waals surface area contributed by atoms with Crippen molar-refractivity contribution in [2.45, 2.75) is 31.8 Å². The van der Waals surface area contributed by atoms with Crippen molar-refractivity contribution >= 4 is 33.5 Å². The largest absolute Gasteiger partial charge is 0.394 e. The Morgan fingerprint density at radius 2 is 1.76 bits per heavy atom. The summed E-state index contributed by atoms with van der Waals surface area (Å²) < 4.78 is 0. The molecule has 1 fully saturated rings. The number of carbonyl (C=O) groups is 2. The first-order valence-corrected chi connectivity index (χ1v) is 13.0. The van der Waals surface area contributed by atoms with Crippen LogP contribution in [0.5, 0.6) is 0 Å². The quantitative estimate of drug-likeness (QED) is 0.280. The van der Waals surface area contributed by atoms with E-state index < -0.39 is 6.04 Å². The van der Waals surface area contributed by atoms with Crippen molar-refractivity contribution in [3.63, 3.8) is 0 Å². The van der Waals surface area contributed by atoms with E-state index >= 15 is 0 Å². The summed E-state index contributed by atoms with van der Waals surface area (Å²) in [4.78, 5) is 31.5. The Kier molecular flexibility index (Phi) is 7.82. The fourth-order valence-corrected chi connectivity index (χ4v) is 5.21. The SMILES string of the molecule is O=C(CN(Cc1ccc2ccccc2c1)C(=O)NC(CO)Cc1c[nH]c2ccccc12)C1CCNCC1. The molecule has 37 heavy (non-hydrogen) atoms. The van der Waals surface area contributed by atoms with E-state index in [4.69, 9.17) is 0 Å². The van der Waals surface area contributed by atoms with Gasteiger partial charge in [-0.3, -0.25) is 4.79 Å². The molecule has 7 heteroatoms. The number of hydrogen-bond donors (Lipinski definition) is 4. The number of urea groups is 1. The van der Waals surface area contributed by atoms with Crippen molar-refractivity contribution in [2.75, 3.05) is 26.2 Å². The van der Waals surface area contributed by atoms with Gasteiger partial charge in [0.15, 0.2) is 5.78 Å². The summed E-state index contributed by atoms with van der Waals surface area (Å²) in [5.74, 6) is 0.0580. The summed E-state index contributed by atoms with van der Waals surface area (Å²) in [6, 6.07) is 21.4. The van der Waals surface area contributed by atoms with Gasteiger partial charge in [-0.1, -0.05) is 54.6 Å². The summed E-state index contributed by atoms with van der Waals surface area (Å²) in [5, 5.41) is 19.7.